The first-order chi connectivity index (χ1) is 12.4. The molecule has 1 atom stereocenters. The molecule has 1 unspecified atom stereocenters. The Morgan fingerprint density at radius 1 is 0.808 bits per heavy atom. The predicted octanol–water partition coefficient (Wildman–Crippen LogP) is 3.79. The smallest absolute Gasteiger partial charge is 0.335 e. The zero-order valence-corrected chi connectivity index (χ0v) is 13.4. The van der Waals surface area contributed by atoms with Gasteiger partial charge < -0.3 is 25.2 Å². The summed E-state index contributed by atoms with van der Waals surface area (Å²) in [5, 5.41) is 38.7. The monoisotopic (exact) mass is 350 g/mol. The quantitative estimate of drug-likeness (QED) is 0.410. The number of rotatable bonds is 2. The van der Waals surface area contributed by atoms with Gasteiger partial charge in [0.2, 0.25) is 0 Å². The molecule has 3 aromatic rings. The molecule has 0 fully saturated rings. The predicted molar refractivity (Wildman–Crippen MR) is 92.3 cm³/mol. The summed E-state index contributed by atoms with van der Waals surface area (Å²) in [5.74, 6) is -1.07. The van der Waals surface area contributed by atoms with Crippen LogP contribution in [0.1, 0.15) is 33.0 Å². The molecule has 0 saturated heterocycles. The highest BCUT2D eigenvalue weighted by atomic mass is 16.5. The van der Waals surface area contributed by atoms with E-state index in [0.29, 0.717) is 22.6 Å². The third-order valence-electron chi connectivity index (χ3n) is 4.43. The van der Waals surface area contributed by atoms with E-state index >= 15 is 0 Å². The van der Waals surface area contributed by atoms with Crippen LogP contribution < -0.4 is 4.74 Å². The second-order valence-electron chi connectivity index (χ2n) is 6.06. The minimum atomic E-state index is -1.02. The van der Waals surface area contributed by atoms with Crippen molar-refractivity contribution in [1.82, 2.24) is 0 Å². The Morgan fingerprint density at radius 2 is 1.46 bits per heavy atom. The van der Waals surface area contributed by atoms with E-state index in [1.165, 1.54) is 30.3 Å². The van der Waals surface area contributed by atoms with Gasteiger partial charge in [0, 0.05) is 23.1 Å². The summed E-state index contributed by atoms with van der Waals surface area (Å²) in [6, 6.07) is 13.8. The molecule has 130 valence electrons. The van der Waals surface area contributed by atoms with Crippen molar-refractivity contribution in [3.8, 4) is 28.7 Å². The fourth-order valence-electron chi connectivity index (χ4n) is 3.21. The van der Waals surface area contributed by atoms with Gasteiger partial charge in [-0.1, -0.05) is 12.1 Å². The van der Waals surface area contributed by atoms with E-state index in [1.54, 1.807) is 24.3 Å². The van der Waals surface area contributed by atoms with Crippen LogP contribution in [-0.2, 0) is 0 Å². The Kier molecular flexibility index (Phi) is 3.47. The molecule has 0 spiro atoms. The number of hydrogen-bond acceptors (Lipinski definition) is 5. The molecular formula is C20H14O6. The molecule has 3 aromatic carbocycles. The average Bonchev–Trinajstić information content (AvgIpc) is 2.61. The third-order valence-corrected chi connectivity index (χ3v) is 4.43. The van der Waals surface area contributed by atoms with Crippen LogP contribution in [0.4, 0.5) is 0 Å². The fourth-order valence-corrected chi connectivity index (χ4v) is 3.21. The van der Waals surface area contributed by atoms with Gasteiger partial charge in [-0.15, -0.1) is 0 Å². The van der Waals surface area contributed by atoms with E-state index in [9.17, 15) is 20.1 Å². The Bertz CT molecular complexity index is 1020. The van der Waals surface area contributed by atoms with E-state index in [1.807, 2.05) is 0 Å². The number of phenols is 3. The molecule has 4 N–H and O–H groups in total. The average molecular weight is 350 g/mol. The van der Waals surface area contributed by atoms with Crippen molar-refractivity contribution < 1.29 is 30.0 Å². The van der Waals surface area contributed by atoms with Crippen LogP contribution in [0.5, 0.6) is 28.7 Å². The first kappa shape index (κ1) is 15.8. The van der Waals surface area contributed by atoms with Crippen LogP contribution in [-0.4, -0.2) is 26.4 Å². The van der Waals surface area contributed by atoms with Crippen molar-refractivity contribution in [2.45, 2.75) is 5.92 Å². The molecule has 1 aliphatic heterocycles. The second kappa shape index (κ2) is 5.70. The molecule has 1 heterocycles. The zero-order valence-electron chi connectivity index (χ0n) is 13.4. The highest BCUT2D eigenvalue weighted by molar-refractivity contribution is 5.87. The topological polar surface area (TPSA) is 107 Å². The lowest BCUT2D eigenvalue weighted by Crippen LogP contribution is -2.12. The molecular weight excluding hydrogens is 336 g/mol. The highest BCUT2D eigenvalue weighted by Crippen LogP contribution is 2.50. The Balaban J connectivity index is 1.93. The van der Waals surface area contributed by atoms with Crippen LogP contribution >= 0.6 is 0 Å². The summed E-state index contributed by atoms with van der Waals surface area (Å²) < 4.78 is 5.81. The van der Waals surface area contributed by atoms with Crippen LogP contribution in [0.3, 0.4) is 0 Å². The standard InChI is InChI=1S/C20H14O6/c21-12-5-6-17-13(7-12)19(10-1-3-11(4-2-10)20(24)25)14-8-15(22)16(23)9-18(14)26-17/h1-9,19,21-23H,(H,24,25). The summed E-state index contributed by atoms with van der Waals surface area (Å²) in [6.07, 6.45) is 0. The third kappa shape index (κ3) is 2.48. The molecule has 0 amide bonds. The second-order valence-corrected chi connectivity index (χ2v) is 6.06. The first-order valence-corrected chi connectivity index (χ1v) is 7.84. The maximum absolute atomic E-state index is 11.1. The Hall–Kier alpha value is -3.67. The minimum absolute atomic E-state index is 0.0611. The van der Waals surface area contributed by atoms with Crippen molar-refractivity contribution in [1.29, 1.82) is 0 Å². The number of aromatic hydroxyl groups is 3. The van der Waals surface area contributed by atoms with Crippen molar-refractivity contribution in [2.24, 2.45) is 0 Å². The molecule has 4 rings (SSSR count). The number of hydrogen-bond donors (Lipinski definition) is 4. The molecule has 0 aliphatic carbocycles. The van der Waals surface area contributed by atoms with E-state index in [2.05, 4.69) is 0 Å². The van der Waals surface area contributed by atoms with Crippen LogP contribution in [0, 0.1) is 0 Å². The number of phenolic OH excluding ortho intramolecular Hbond substituents is 3. The normalized spacial score (nSPS) is 14.8. The fraction of sp³-hybridized carbons (Fsp3) is 0.0500. The number of benzene rings is 3. The van der Waals surface area contributed by atoms with Crippen molar-refractivity contribution >= 4 is 5.97 Å². The molecule has 26 heavy (non-hydrogen) atoms. The van der Waals surface area contributed by atoms with Gasteiger partial charge in [-0.05, 0) is 42.0 Å². The van der Waals surface area contributed by atoms with Crippen molar-refractivity contribution in [2.75, 3.05) is 0 Å². The van der Waals surface area contributed by atoms with Crippen molar-refractivity contribution in [3.63, 3.8) is 0 Å². The summed E-state index contributed by atoms with van der Waals surface area (Å²) >= 11 is 0. The van der Waals surface area contributed by atoms with Gasteiger partial charge in [0.05, 0.1) is 5.56 Å². The number of fused-ring (bicyclic) bond motifs is 2. The number of carboxylic acids is 1. The van der Waals surface area contributed by atoms with Gasteiger partial charge in [-0.3, -0.25) is 0 Å². The van der Waals surface area contributed by atoms with Crippen LogP contribution in [0.25, 0.3) is 0 Å². The summed E-state index contributed by atoms with van der Waals surface area (Å²) in [4.78, 5) is 11.1. The lowest BCUT2D eigenvalue weighted by Gasteiger charge is -2.29. The van der Waals surface area contributed by atoms with Crippen molar-refractivity contribution in [3.05, 3.63) is 76.9 Å². The van der Waals surface area contributed by atoms with Crippen LogP contribution in [0.2, 0.25) is 0 Å². The van der Waals surface area contributed by atoms with Gasteiger partial charge >= 0.3 is 5.97 Å². The van der Waals surface area contributed by atoms with E-state index < -0.39 is 11.9 Å². The number of aromatic carboxylic acids is 1. The highest BCUT2D eigenvalue weighted by Gasteiger charge is 2.30. The van der Waals surface area contributed by atoms with E-state index in [0.717, 1.165) is 5.56 Å². The Morgan fingerprint density at radius 3 is 2.15 bits per heavy atom. The molecule has 1 aliphatic rings. The zero-order chi connectivity index (χ0) is 18.4. The number of carbonyl (C=O) groups is 1. The first-order valence-electron chi connectivity index (χ1n) is 7.84. The maximum atomic E-state index is 11.1. The van der Waals surface area contributed by atoms with Crippen LogP contribution in [0.15, 0.2) is 54.6 Å². The molecule has 0 aromatic heterocycles. The van der Waals surface area contributed by atoms with E-state index in [-0.39, 0.29) is 22.8 Å². The molecule has 6 nitrogen and oxygen atoms in total. The van der Waals surface area contributed by atoms with Gasteiger partial charge in [0.1, 0.15) is 17.2 Å². The number of carboxylic acid groups (broad SMARTS) is 1. The molecule has 0 bridgehead atoms. The van der Waals surface area contributed by atoms with Gasteiger partial charge in [-0.2, -0.15) is 0 Å². The lowest BCUT2D eigenvalue weighted by molar-refractivity contribution is 0.0697. The summed E-state index contributed by atoms with van der Waals surface area (Å²) in [6.45, 7) is 0. The molecule has 0 radical (unpaired) electrons. The largest absolute Gasteiger partial charge is 0.508 e. The van der Waals surface area contributed by atoms with Gasteiger partial charge in [0.15, 0.2) is 11.5 Å². The van der Waals surface area contributed by atoms with Gasteiger partial charge in [-0.25, -0.2) is 4.79 Å². The minimum Gasteiger partial charge on any atom is -0.508 e. The lowest BCUT2D eigenvalue weighted by atomic mass is 9.82. The Labute approximate surface area is 148 Å². The van der Waals surface area contributed by atoms with Gasteiger partial charge in [0.25, 0.3) is 0 Å². The number of ether oxygens (including phenoxy) is 1. The van der Waals surface area contributed by atoms with E-state index in [4.69, 9.17) is 9.84 Å². The summed E-state index contributed by atoms with van der Waals surface area (Å²) in [7, 11) is 0. The maximum Gasteiger partial charge on any atom is 0.335 e. The molecule has 6 heteroatoms. The molecule has 0 saturated carbocycles. The SMILES string of the molecule is O=C(O)c1ccc(C2c3cc(O)ccc3Oc3cc(O)c(O)cc32)cc1. The summed E-state index contributed by atoms with van der Waals surface area (Å²) in [5.41, 5.74) is 2.19.